The van der Waals surface area contributed by atoms with Gasteiger partial charge < -0.3 is 9.73 Å². The molecule has 0 fully saturated rings. The number of oxazole rings is 1. The lowest BCUT2D eigenvalue weighted by molar-refractivity contribution is -0.111. The summed E-state index contributed by atoms with van der Waals surface area (Å²) < 4.78 is 5.85. The van der Waals surface area contributed by atoms with Crippen molar-refractivity contribution in [3.8, 4) is 11.5 Å². The van der Waals surface area contributed by atoms with E-state index in [1.165, 1.54) is 11.6 Å². The molecule has 1 N–H and O–H groups in total. The average molecular weight is 417 g/mol. The molecule has 0 saturated heterocycles. The van der Waals surface area contributed by atoms with Crippen LogP contribution in [0.2, 0.25) is 5.02 Å². The van der Waals surface area contributed by atoms with Gasteiger partial charge in [0.1, 0.15) is 5.52 Å². The average Bonchev–Trinajstić information content (AvgIpc) is 3.16. The normalized spacial score (nSPS) is 11.5. The second-order valence-electron chi connectivity index (χ2n) is 7.33. The molecule has 0 radical (unpaired) electrons. The third-order valence-electron chi connectivity index (χ3n) is 4.79. The van der Waals surface area contributed by atoms with Gasteiger partial charge in [-0.1, -0.05) is 61.8 Å². The Morgan fingerprint density at radius 1 is 1.07 bits per heavy atom. The van der Waals surface area contributed by atoms with E-state index in [0.29, 0.717) is 33.6 Å². The Morgan fingerprint density at radius 2 is 1.83 bits per heavy atom. The zero-order chi connectivity index (χ0) is 21.1. The van der Waals surface area contributed by atoms with Crippen LogP contribution in [-0.4, -0.2) is 10.9 Å². The van der Waals surface area contributed by atoms with Gasteiger partial charge in [0, 0.05) is 17.8 Å². The number of hydrogen-bond donors (Lipinski definition) is 1. The van der Waals surface area contributed by atoms with Crippen molar-refractivity contribution in [3.05, 3.63) is 89.0 Å². The topological polar surface area (TPSA) is 55.1 Å². The van der Waals surface area contributed by atoms with Gasteiger partial charge in [-0.05, 0) is 47.4 Å². The molecular weight excluding hydrogens is 396 g/mol. The number of benzene rings is 3. The number of fused-ring (bicyclic) bond motifs is 1. The van der Waals surface area contributed by atoms with Gasteiger partial charge in [0.05, 0.1) is 10.6 Å². The summed E-state index contributed by atoms with van der Waals surface area (Å²) in [6.07, 6.45) is 3.31. The van der Waals surface area contributed by atoms with Crippen molar-refractivity contribution in [1.29, 1.82) is 0 Å². The highest BCUT2D eigenvalue weighted by atomic mass is 35.5. The van der Waals surface area contributed by atoms with Crippen molar-refractivity contribution in [1.82, 2.24) is 4.98 Å². The lowest BCUT2D eigenvalue weighted by atomic mass is 10.0. The van der Waals surface area contributed by atoms with Crippen molar-refractivity contribution in [2.24, 2.45) is 0 Å². The largest absolute Gasteiger partial charge is 0.436 e. The summed E-state index contributed by atoms with van der Waals surface area (Å²) >= 11 is 6.23. The van der Waals surface area contributed by atoms with Gasteiger partial charge in [-0.25, -0.2) is 4.98 Å². The molecule has 0 saturated carbocycles. The minimum Gasteiger partial charge on any atom is -0.436 e. The molecule has 3 aromatic carbocycles. The molecule has 1 amide bonds. The van der Waals surface area contributed by atoms with Gasteiger partial charge >= 0.3 is 0 Å². The van der Waals surface area contributed by atoms with E-state index in [1.807, 2.05) is 36.4 Å². The maximum Gasteiger partial charge on any atom is 0.248 e. The summed E-state index contributed by atoms with van der Waals surface area (Å²) in [5, 5.41) is 3.43. The first kappa shape index (κ1) is 19.9. The molecule has 0 bridgehead atoms. The summed E-state index contributed by atoms with van der Waals surface area (Å²) in [6, 6.07) is 20.9. The number of rotatable bonds is 5. The molecule has 1 heterocycles. The first-order chi connectivity index (χ1) is 14.5. The zero-order valence-corrected chi connectivity index (χ0v) is 17.5. The van der Waals surface area contributed by atoms with E-state index in [-0.39, 0.29) is 5.91 Å². The molecule has 4 rings (SSSR count). The van der Waals surface area contributed by atoms with Crippen molar-refractivity contribution >= 4 is 40.4 Å². The van der Waals surface area contributed by atoms with Crippen LogP contribution in [0.4, 0.5) is 5.69 Å². The van der Waals surface area contributed by atoms with Crippen LogP contribution in [-0.2, 0) is 4.79 Å². The zero-order valence-electron chi connectivity index (χ0n) is 16.7. The molecule has 5 heteroatoms. The summed E-state index contributed by atoms with van der Waals surface area (Å²) in [6.45, 7) is 4.31. The Hall–Kier alpha value is -3.37. The van der Waals surface area contributed by atoms with Crippen LogP contribution in [0.3, 0.4) is 0 Å². The van der Waals surface area contributed by atoms with Gasteiger partial charge in [-0.15, -0.1) is 0 Å². The molecule has 4 nitrogen and oxygen atoms in total. The van der Waals surface area contributed by atoms with E-state index in [0.717, 1.165) is 11.1 Å². The second kappa shape index (κ2) is 8.56. The molecule has 0 aliphatic carbocycles. The lowest BCUT2D eigenvalue weighted by Crippen LogP contribution is -2.07. The van der Waals surface area contributed by atoms with Crippen LogP contribution in [0.15, 0.2) is 77.2 Å². The van der Waals surface area contributed by atoms with Crippen LogP contribution in [0, 0.1) is 0 Å². The first-order valence-corrected chi connectivity index (χ1v) is 10.1. The number of aromatic nitrogens is 1. The smallest absolute Gasteiger partial charge is 0.248 e. The quantitative estimate of drug-likeness (QED) is 0.359. The van der Waals surface area contributed by atoms with Crippen LogP contribution >= 0.6 is 11.6 Å². The van der Waals surface area contributed by atoms with E-state index < -0.39 is 0 Å². The number of halogens is 1. The summed E-state index contributed by atoms with van der Waals surface area (Å²) in [5.41, 5.74) is 4.89. The number of hydrogen-bond acceptors (Lipinski definition) is 3. The van der Waals surface area contributed by atoms with Gasteiger partial charge in [0.15, 0.2) is 5.58 Å². The fourth-order valence-electron chi connectivity index (χ4n) is 3.10. The van der Waals surface area contributed by atoms with Gasteiger partial charge in [0.25, 0.3) is 0 Å². The van der Waals surface area contributed by atoms with E-state index in [4.69, 9.17) is 16.0 Å². The highest BCUT2D eigenvalue weighted by Crippen LogP contribution is 2.30. The maximum absolute atomic E-state index is 12.3. The second-order valence-corrected chi connectivity index (χ2v) is 7.73. The number of carbonyl (C=O) groups is 1. The highest BCUT2D eigenvalue weighted by molar-refractivity contribution is 6.33. The minimum atomic E-state index is -0.215. The lowest BCUT2D eigenvalue weighted by Gasteiger charge is -2.04. The Morgan fingerprint density at radius 3 is 2.57 bits per heavy atom. The molecule has 1 aromatic heterocycles. The van der Waals surface area contributed by atoms with Gasteiger partial charge in [-0.2, -0.15) is 0 Å². The summed E-state index contributed by atoms with van der Waals surface area (Å²) in [4.78, 5) is 16.8. The summed E-state index contributed by atoms with van der Waals surface area (Å²) in [5.74, 6) is 0.715. The number of nitrogens with zero attached hydrogens (tertiary/aromatic N) is 1. The Labute approximate surface area is 180 Å². The van der Waals surface area contributed by atoms with Crippen LogP contribution in [0.1, 0.15) is 30.9 Å². The van der Waals surface area contributed by atoms with E-state index >= 15 is 0 Å². The van der Waals surface area contributed by atoms with Crippen molar-refractivity contribution in [2.75, 3.05) is 5.32 Å². The molecule has 150 valence electrons. The SMILES string of the molecule is CC(C)c1ccc(/C=C/C(=O)Nc2ccc3nc(-c4ccccc4Cl)oc3c2)cc1. The molecule has 0 spiro atoms. The molecule has 4 aromatic rings. The molecule has 30 heavy (non-hydrogen) atoms. The van der Waals surface area contributed by atoms with Gasteiger partial charge in [0.2, 0.25) is 11.8 Å². The Bertz CT molecular complexity index is 1220. The fourth-order valence-corrected chi connectivity index (χ4v) is 3.32. The molecule has 0 aliphatic heterocycles. The van der Waals surface area contributed by atoms with Crippen LogP contribution < -0.4 is 5.32 Å². The van der Waals surface area contributed by atoms with Crippen molar-refractivity contribution in [3.63, 3.8) is 0 Å². The summed E-state index contributed by atoms with van der Waals surface area (Å²) in [7, 11) is 0. The standard InChI is InChI=1S/C25H21ClN2O2/c1-16(2)18-10-7-17(8-11-18)9-14-24(29)27-19-12-13-22-23(15-19)30-25(28-22)20-5-3-4-6-21(20)26/h3-16H,1-2H3,(H,27,29)/b14-9+. The van der Waals surface area contributed by atoms with E-state index in [1.54, 1.807) is 24.3 Å². The fraction of sp³-hybridized carbons (Fsp3) is 0.120. The maximum atomic E-state index is 12.3. The predicted molar refractivity (Wildman–Crippen MR) is 123 cm³/mol. The van der Waals surface area contributed by atoms with E-state index in [2.05, 4.69) is 36.3 Å². The molecule has 0 aliphatic rings. The number of carbonyl (C=O) groups excluding carboxylic acids is 1. The molecular formula is C25H21ClN2O2. The van der Waals surface area contributed by atoms with Crippen molar-refractivity contribution < 1.29 is 9.21 Å². The number of anilines is 1. The van der Waals surface area contributed by atoms with Crippen LogP contribution in [0.25, 0.3) is 28.6 Å². The Kier molecular flexibility index (Phi) is 5.68. The van der Waals surface area contributed by atoms with Gasteiger partial charge in [-0.3, -0.25) is 4.79 Å². The number of nitrogens with one attached hydrogen (secondary N) is 1. The highest BCUT2D eigenvalue weighted by Gasteiger charge is 2.12. The number of amides is 1. The van der Waals surface area contributed by atoms with Crippen molar-refractivity contribution in [2.45, 2.75) is 19.8 Å². The van der Waals surface area contributed by atoms with E-state index in [9.17, 15) is 4.79 Å². The third-order valence-corrected chi connectivity index (χ3v) is 5.12. The molecule has 0 unspecified atom stereocenters. The van der Waals surface area contributed by atoms with Crippen LogP contribution in [0.5, 0.6) is 0 Å². The first-order valence-electron chi connectivity index (χ1n) is 9.74. The predicted octanol–water partition coefficient (Wildman–Crippen LogP) is 6.92. The minimum absolute atomic E-state index is 0.215. The third kappa shape index (κ3) is 4.44. The monoisotopic (exact) mass is 416 g/mol. The Balaban J connectivity index is 1.48. The molecule has 0 atom stereocenters.